The topological polar surface area (TPSA) is 78.4 Å². The largest absolute Gasteiger partial charge is 0.453 e. The first-order valence-corrected chi connectivity index (χ1v) is 6.85. The molecule has 1 atom stereocenters. The summed E-state index contributed by atoms with van der Waals surface area (Å²) >= 11 is 3.09. The second-order valence-electron chi connectivity index (χ2n) is 4.43. The van der Waals surface area contributed by atoms with E-state index in [1.165, 1.54) is 30.3 Å². The Hall–Kier alpha value is -1.99. The third kappa shape index (κ3) is 3.37. The standard InChI is InChI=1S/C14H12BrFN2O3/c1-8(17)9-5-6-12(10(16)7-9)21-13-4-2-3-11(14(13)15)18(19)20/h2-8H,17H2,1H3/t8-/m0/s1. The summed E-state index contributed by atoms with van der Waals surface area (Å²) in [6, 6.07) is 8.38. The lowest BCUT2D eigenvalue weighted by atomic mass is 10.1. The maximum Gasteiger partial charge on any atom is 0.287 e. The van der Waals surface area contributed by atoms with Gasteiger partial charge < -0.3 is 10.5 Å². The van der Waals surface area contributed by atoms with Crippen LogP contribution in [0.4, 0.5) is 10.1 Å². The third-order valence-corrected chi connectivity index (χ3v) is 3.64. The fourth-order valence-electron chi connectivity index (χ4n) is 1.72. The van der Waals surface area contributed by atoms with Crippen LogP contribution in [0.25, 0.3) is 0 Å². The molecule has 0 aliphatic rings. The third-order valence-electron chi connectivity index (χ3n) is 2.84. The zero-order valence-corrected chi connectivity index (χ0v) is 12.6. The maximum absolute atomic E-state index is 14.0. The monoisotopic (exact) mass is 354 g/mol. The predicted molar refractivity (Wildman–Crippen MR) is 79.9 cm³/mol. The first-order chi connectivity index (χ1) is 9.90. The lowest BCUT2D eigenvalue weighted by Crippen LogP contribution is -2.05. The van der Waals surface area contributed by atoms with E-state index in [0.29, 0.717) is 5.56 Å². The van der Waals surface area contributed by atoms with Crippen molar-refractivity contribution in [3.8, 4) is 11.5 Å². The Morgan fingerprint density at radius 2 is 2.05 bits per heavy atom. The molecule has 0 fully saturated rings. The molecule has 0 unspecified atom stereocenters. The molecule has 0 amide bonds. The van der Waals surface area contributed by atoms with Crippen LogP contribution < -0.4 is 10.5 Å². The highest BCUT2D eigenvalue weighted by atomic mass is 79.9. The summed E-state index contributed by atoms with van der Waals surface area (Å²) in [6.45, 7) is 1.74. The van der Waals surface area contributed by atoms with Gasteiger partial charge in [-0.15, -0.1) is 0 Å². The van der Waals surface area contributed by atoms with E-state index < -0.39 is 10.7 Å². The van der Waals surface area contributed by atoms with Crippen LogP contribution in [-0.4, -0.2) is 4.92 Å². The molecule has 0 saturated carbocycles. The Bertz CT molecular complexity index is 692. The normalized spacial score (nSPS) is 12.0. The van der Waals surface area contributed by atoms with Gasteiger partial charge in [0.1, 0.15) is 10.2 Å². The fourth-order valence-corrected chi connectivity index (χ4v) is 2.21. The van der Waals surface area contributed by atoms with E-state index in [4.69, 9.17) is 10.5 Å². The van der Waals surface area contributed by atoms with Gasteiger partial charge in [-0.25, -0.2) is 4.39 Å². The predicted octanol–water partition coefficient (Wildman–Crippen LogP) is 4.31. The number of hydrogen-bond donors (Lipinski definition) is 1. The van der Waals surface area contributed by atoms with Crippen LogP contribution in [0, 0.1) is 15.9 Å². The maximum atomic E-state index is 14.0. The summed E-state index contributed by atoms with van der Waals surface area (Å²) in [5, 5.41) is 10.8. The Morgan fingerprint density at radius 1 is 1.33 bits per heavy atom. The summed E-state index contributed by atoms with van der Waals surface area (Å²) in [5.41, 5.74) is 6.16. The van der Waals surface area contributed by atoms with Crippen LogP contribution in [0.1, 0.15) is 18.5 Å². The van der Waals surface area contributed by atoms with E-state index in [1.54, 1.807) is 13.0 Å². The summed E-state index contributed by atoms with van der Waals surface area (Å²) < 4.78 is 19.5. The molecular weight excluding hydrogens is 343 g/mol. The van der Waals surface area contributed by atoms with Gasteiger partial charge in [0.15, 0.2) is 11.6 Å². The lowest BCUT2D eigenvalue weighted by Gasteiger charge is -2.11. The van der Waals surface area contributed by atoms with Gasteiger partial charge in [-0.3, -0.25) is 10.1 Å². The van der Waals surface area contributed by atoms with Crippen molar-refractivity contribution in [1.82, 2.24) is 0 Å². The van der Waals surface area contributed by atoms with Gasteiger partial charge in [-0.1, -0.05) is 12.1 Å². The number of hydrogen-bond acceptors (Lipinski definition) is 4. The van der Waals surface area contributed by atoms with Gasteiger partial charge in [-0.05, 0) is 46.6 Å². The molecule has 0 heterocycles. The number of rotatable bonds is 4. The first kappa shape index (κ1) is 15.4. The Labute approximate surface area is 128 Å². The van der Waals surface area contributed by atoms with Crippen molar-refractivity contribution in [2.45, 2.75) is 13.0 Å². The number of nitro groups is 1. The summed E-state index contributed by atoms with van der Waals surface area (Å²) in [4.78, 5) is 10.3. The Morgan fingerprint density at radius 3 is 2.62 bits per heavy atom. The molecule has 2 N–H and O–H groups in total. The number of halogens is 2. The number of nitrogens with two attached hydrogens (primary N) is 1. The van der Waals surface area contributed by atoms with E-state index in [2.05, 4.69) is 15.9 Å². The van der Waals surface area contributed by atoms with Crippen molar-refractivity contribution in [2.75, 3.05) is 0 Å². The molecule has 0 saturated heterocycles. The Kier molecular flexibility index (Phi) is 4.54. The van der Waals surface area contributed by atoms with Crippen LogP contribution in [0.3, 0.4) is 0 Å². The minimum absolute atomic E-state index is 0.0272. The van der Waals surface area contributed by atoms with E-state index in [1.807, 2.05) is 0 Å². The van der Waals surface area contributed by atoms with E-state index in [0.717, 1.165) is 0 Å². The highest BCUT2D eigenvalue weighted by Crippen LogP contribution is 2.37. The summed E-state index contributed by atoms with van der Waals surface area (Å²) in [6.07, 6.45) is 0. The van der Waals surface area contributed by atoms with Crippen molar-refractivity contribution < 1.29 is 14.1 Å². The molecule has 0 radical (unpaired) electrons. The summed E-state index contributed by atoms with van der Waals surface area (Å²) in [7, 11) is 0. The van der Waals surface area contributed by atoms with E-state index in [9.17, 15) is 14.5 Å². The molecule has 0 aromatic heterocycles. The second-order valence-corrected chi connectivity index (χ2v) is 5.22. The van der Waals surface area contributed by atoms with Crippen molar-refractivity contribution in [3.05, 3.63) is 62.4 Å². The van der Waals surface area contributed by atoms with Crippen LogP contribution >= 0.6 is 15.9 Å². The zero-order valence-electron chi connectivity index (χ0n) is 11.0. The SMILES string of the molecule is C[C@H](N)c1ccc(Oc2cccc([N+](=O)[O-])c2Br)c(F)c1. The molecule has 0 aliphatic carbocycles. The molecule has 2 aromatic carbocycles. The van der Waals surface area contributed by atoms with Crippen molar-refractivity contribution >= 4 is 21.6 Å². The highest BCUT2D eigenvalue weighted by Gasteiger charge is 2.17. The van der Waals surface area contributed by atoms with Crippen molar-refractivity contribution in [1.29, 1.82) is 0 Å². The van der Waals surface area contributed by atoms with Gasteiger partial charge in [-0.2, -0.15) is 0 Å². The molecule has 0 aliphatic heterocycles. The van der Waals surface area contributed by atoms with Crippen LogP contribution in [0.2, 0.25) is 0 Å². The molecule has 0 spiro atoms. The average molecular weight is 355 g/mol. The van der Waals surface area contributed by atoms with Crippen LogP contribution in [0.15, 0.2) is 40.9 Å². The van der Waals surface area contributed by atoms with Gasteiger partial charge in [0.05, 0.1) is 4.92 Å². The van der Waals surface area contributed by atoms with Crippen molar-refractivity contribution in [3.63, 3.8) is 0 Å². The minimum Gasteiger partial charge on any atom is -0.453 e. The molecule has 2 aromatic rings. The molecule has 2 rings (SSSR count). The van der Waals surface area contributed by atoms with Gasteiger partial charge in [0, 0.05) is 12.1 Å². The molecule has 110 valence electrons. The lowest BCUT2D eigenvalue weighted by molar-refractivity contribution is -0.385. The second kappa shape index (κ2) is 6.19. The quantitative estimate of drug-likeness (QED) is 0.655. The number of benzene rings is 2. The molecular formula is C14H12BrFN2O3. The molecule has 5 nitrogen and oxygen atoms in total. The van der Waals surface area contributed by atoms with Gasteiger partial charge >= 0.3 is 0 Å². The molecule has 21 heavy (non-hydrogen) atoms. The smallest absolute Gasteiger partial charge is 0.287 e. The number of ether oxygens (including phenoxy) is 1. The van der Waals surface area contributed by atoms with E-state index in [-0.39, 0.29) is 27.7 Å². The minimum atomic E-state index is -0.580. The molecule has 0 bridgehead atoms. The van der Waals surface area contributed by atoms with Gasteiger partial charge in [0.25, 0.3) is 5.69 Å². The fraction of sp³-hybridized carbons (Fsp3) is 0.143. The van der Waals surface area contributed by atoms with Crippen LogP contribution in [0.5, 0.6) is 11.5 Å². The summed E-state index contributed by atoms with van der Waals surface area (Å²) in [5.74, 6) is -0.444. The Balaban J connectivity index is 2.35. The van der Waals surface area contributed by atoms with Crippen LogP contribution in [-0.2, 0) is 0 Å². The highest BCUT2D eigenvalue weighted by molar-refractivity contribution is 9.10. The zero-order chi connectivity index (χ0) is 15.6. The number of nitrogens with zero attached hydrogens (tertiary/aromatic N) is 1. The van der Waals surface area contributed by atoms with Gasteiger partial charge in [0.2, 0.25) is 0 Å². The van der Waals surface area contributed by atoms with E-state index >= 15 is 0 Å². The van der Waals surface area contributed by atoms with Crippen molar-refractivity contribution in [2.24, 2.45) is 5.73 Å². The molecule has 7 heteroatoms. The first-order valence-electron chi connectivity index (χ1n) is 6.06. The number of nitro benzene ring substituents is 1. The average Bonchev–Trinajstić information content (AvgIpc) is 2.42.